The molecule has 0 saturated carbocycles. The molecule has 0 unspecified atom stereocenters. The van der Waals surface area contributed by atoms with Crippen LogP contribution in [0.1, 0.15) is 16.8 Å². The summed E-state index contributed by atoms with van der Waals surface area (Å²) < 4.78 is 21.2. The van der Waals surface area contributed by atoms with Crippen molar-refractivity contribution >= 4 is 23.4 Å². The number of nitrogens with zero attached hydrogens (tertiary/aromatic N) is 1. The fraction of sp³-hybridized carbons (Fsp3) is 0.217. The average molecular weight is 426 g/mol. The van der Waals surface area contributed by atoms with Gasteiger partial charge in [0.25, 0.3) is 0 Å². The molecule has 0 bridgehead atoms. The number of aromatic nitrogens is 1. The van der Waals surface area contributed by atoms with Crippen LogP contribution >= 0.6 is 11.3 Å². The van der Waals surface area contributed by atoms with Crippen LogP contribution < -0.4 is 14.2 Å². The molecule has 3 aromatic rings. The fourth-order valence-electron chi connectivity index (χ4n) is 2.76. The molecule has 0 radical (unpaired) electrons. The molecule has 0 fully saturated rings. The number of benzene rings is 2. The maximum Gasteiger partial charge on any atom is 0.331 e. The van der Waals surface area contributed by atoms with E-state index in [1.807, 2.05) is 36.6 Å². The van der Waals surface area contributed by atoms with E-state index in [4.69, 9.17) is 18.9 Å². The zero-order valence-electron chi connectivity index (χ0n) is 17.3. The number of hydrogen-bond donors (Lipinski definition) is 0. The molecule has 1 heterocycles. The first kappa shape index (κ1) is 21.4. The highest BCUT2D eigenvalue weighted by atomic mass is 32.1. The molecule has 0 N–H and O–H groups in total. The minimum Gasteiger partial charge on any atom is -0.493 e. The second-order valence-electron chi connectivity index (χ2n) is 6.41. The standard InChI is InChI=1S/C23H23NO5S/c1-15-5-8-17(9-6-15)23-24-18(14-30-23)13-29-21(25)10-7-16-11-19(26-2)22(28-4)20(12-16)27-3/h5-12,14H,13H2,1-4H3/b10-7+. The van der Waals surface area contributed by atoms with Gasteiger partial charge in [-0.2, -0.15) is 0 Å². The van der Waals surface area contributed by atoms with Gasteiger partial charge in [0.15, 0.2) is 11.5 Å². The number of thiazole rings is 1. The van der Waals surface area contributed by atoms with Crippen LogP contribution in [0.5, 0.6) is 17.2 Å². The van der Waals surface area contributed by atoms with Crippen LogP contribution in [0.2, 0.25) is 0 Å². The van der Waals surface area contributed by atoms with E-state index >= 15 is 0 Å². The molecule has 0 spiro atoms. The topological polar surface area (TPSA) is 66.9 Å². The first-order valence-electron chi connectivity index (χ1n) is 9.20. The lowest BCUT2D eigenvalue weighted by Gasteiger charge is -2.12. The molecule has 30 heavy (non-hydrogen) atoms. The summed E-state index contributed by atoms with van der Waals surface area (Å²) in [5, 5.41) is 2.79. The smallest absolute Gasteiger partial charge is 0.331 e. The van der Waals surface area contributed by atoms with Gasteiger partial charge in [-0.25, -0.2) is 9.78 Å². The number of esters is 1. The van der Waals surface area contributed by atoms with Gasteiger partial charge >= 0.3 is 5.97 Å². The summed E-state index contributed by atoms with van der Waals surface area (Å²) in [5.41, 5.74) is 3.68. The van der Waals surface area contributed by atoms with Crippen LogP contribution in [0.15, 0.2) is 47.9 Å². The van der Waals surface area contributed by atoms with E-state index in [2.05, 4.69) is 4.98 Å². The fourth-order valence-corrected chi connectivity index (χ4v) is 3.57. The summed E-state index contributed by atoms with van der Waals surface area (Å²) in [6.45, 7) is 2.16. The Labute approximate surface area is 179 Å². The maximum absolute atomic E-state index is 12.1. The lowest BCUT2D eigenvalue weighted by Crippen LogP contribution is -2.01. The summed E-state index contributed by atoms with van der Waals surface area (Å²) in [7, 11) is 4.62. The molecule has 6 nitrogen and oxygen atoms in total. The first-order valence-corrected chi connectivity index (χ1v) is 10.1. The van der Waals surface area contributed by atoms with Crippen molar-refractivity contribution in [1.29, 1.82) is 0 Å². The SMILES string of the molecule is COc1cc(/C=C/C(=O)OCc2csc(-c3ccc(C)cc3)n2)cc(OC)c1OC. The Morgan fingerprint density at radius 1 is 1.03 bits per heavy atom. The van der Waals surface area contributed by atoms with Crippen molar-refractivity contribution in [1.82, 2.24) is 4.98 Å². The molecular weight excluding hydrogens is 402 g/mol. The third-order valence-corrected chi connectivity index (χ3v) is 5.25. The van der Waals surface area contributed by atoms with E-state index in [1.54, 1.807) is 18.2 Å². The molecule has 156 valence electrons. The molecule has 0 saturated heterocycles. The van der Waals surface area contributed by atoms with Crippen molar-refractivity contribution in [2.24, 2.45) is 0 Å². The van der Waals surface area contributed by atoms with Crippen LogP contribution in [0, 0.1) is 6.92 Å². The van der Waals surface area contributed by atoms with E-state index in [0.717, 1.165) is 16.1 Å². The second kappa shape index (κ2) is 9.93. The van der Waals surface area contributed by atoms with Gasteiger partial charge in [-0.1, -0.05) is 29.8 Å². The molecule has 0 aliphatic rings. The number of rotatable bonds is 8. The van der Waals surface area contributed by atoms with Crippen LogP contribution in [0.3, 0.4) is 0 Å². The van der Waals surface area contributed by atoms with E-state index in [9.17, 15) is 4.79 Å². The number of hydrogen-bond acceptors (Lipinski definition) is 7. The van der Waals surface area contributed by atoms with Crippen molar-refractivity contribution in [3.63, 3.8) is 0 Å². The lowest BCUT2D eigenvalue weighted by atomic mass is 10.1. The van der Waals surface area contributed by atoms with E-state index in [0.29, 0.717) is 22.9 Å². The van der Waals surface area contributed by atoms with Crippen LogP contribution in [0.25, 0.3) is 16.6 Å². The summed E-state index contributed by atoms with van der Waals surface area (Å²) in [6.07, 6.45) is 2.99. The zero-order chi connectivity index (χ0) is 21.5. The third kappa shape index (κ3) is 5.18. The minimum absolute atomic E-state index is 0.112. The van der Waals surface area contributed by atoms with Crippen molar-refractivity contribution in [3.8, 4) is 27.8 Å². The first-order chi connectivity index (χ1) is 14.5. The van der Waals surface area contributed by atoms with Crippen molar-refractivity contribution in [2.75, 3.05) is 21.3 Å². The second-order valence-corrected chi connectivity index (χ2v) is 7.27. The highest BCUT2D eigenvalue weighted by Crippen LogP contribution is 2.38. The Morgan fingerprint density at radius 3 is 2.30 bits per heavy atom. The van der Waals surface area contributed by atoms with Gasteiger partial charge in [0.1, 0.15) is 11.6 Å². The molecule has 3 rings (SSSR count). The lowest BCUT2D eigenvalue weighted by molar-refractivity contribution is -0.139. The van der Waals surface area contributed by atoms with Crippen molar-refractivity contribution in [2.45, 2.75) is 13.5 Å². The predicted molar refractivity (Wildman–Crippen MR) is 117 cm³/mol. The molecule has 0 aliphatic heterocycles. The molecule has 0 atom stereocenters. The van der Waals surface area contributed by atoms with E-state index in [1.165, 1.54) is 44.3 Å². The molecule has 1 aromatic heterocycles. The van der Waals surface area contributed by atoms with Crippen molar-refractivity contribution in [3.05, 3.63) is 64.7 Å². The van der Waals surface area contributed by atoms with Gasteiger partial charge < -0.3 is 18.9 Å². The summed E-state index contributed by atoms with van der Waals surface area (Å²) in [4.78, 5) is 16.7. The highest BCUT2D eigenvalue weighted by molar-refractivity contribution is 7.13. The van der Waals surface area contributed by atoms with E-state index in [-0.39, 0.29) is 6.61 Å². The van der Waals surface area contributed by atoms with Gasteiger partial charge in [0.05, 0.1) is 27.0 Å². The Morgan fingerprint density at radius 2 is 1.70 bits per heavy atom. The van der Waals surface area contributed by atoms with Gasteiger partial charge in [-0.3, -0.25) is 0 Å². The number of ether oxygens (including phenoxy) is 4. The molecule has 2 aromatic carbocycles. The average Bonchev–Trinajstić information content (AvgIpc) is 3.24. The normalized spacial score (nSPS) is 10.8. The Hall–Kier alpha value is -3.32. The van der Waals surface area contributed by atoms with Gasteiger partial charge in [-0.15, -0.1) is 11.3 Å². The van der Waals surface area contributed by atoms with Crippen LogP contribution in [0.4, 0.5) is 0 Å². The van der Waals surface area contributed by atoms with Crippen LogP contribution in [-0.2, 0) is 16.1 Å². The Bertz CT molecular complexity index is 1010. The van der Waals surface area contributed by atoms with Gasteiger partial charge in [0.2, 0.25) is 5.75 Å². The highest BCUT2D eigenvalue weighted by Gasteiger charge is 2.12. The van der Waals surface area contributed by atoms with Crippen LogP contribution in [-0.4, -0.2) is 32.3 Å². The number of carbonyl (C=O) groups excluding carboxylic acids is 1. The number of carbonyl (C=O) groups is 1. The monoisotopic (exact) mass is 425 g/mol. The molecule has 0 aliphatic carbocycles. The molecule has 0 amide bonds. The predicted octanol–water partition coefficient (Wildman–Crippen LogP) is 4.90. The zero-order valence-corrected chi connectivity index (χ0v) is 18.1. The quantitative estimate of drug-likeness (QED) is 0.378. The molecular formula is C23H23NO5S. The minimum atomic E-state index is -0.464. The van der Waals surface area contributed by atoms with Gasteiger partial charge in [-0.05, 0) is 30.7 Å². The Balaban J connectivity index is 1.62. The molecule has 7 heteroatoms. The number of aryl methyl sites for hydroxylation is 1. The third-order valence-electron chi connectivity index (χ3n) is 4.31. The number of methoxy groups -OCH3 is 3. The van der Waals surface area contributed by atoms with Gasteiger partial charge in [0, 0.05) is 17.0 Å². The summed E-state index contributed by atoms with van der Waals surface area (Å²) in [6, 6.07) is 11.7. The maximum atomic E-state index is 12.1. The summed E-state index contributed by atoms with van der Waals surface area (Å²) in [5.74, 6) is 1.05. The largest absolute Gasteiger partial charge is 0.493 e. The van der Waals surface area contributed by atoms with E-state index < -0.39 is 5.97 Å². The van der Waals surface area contributed by atoms with Crippen molar-refractivity contribution < 1.29 is 23.7 Å². The summed E-state index contributed by atoms with van der Waals surface area (Å²) >= 11 is 1.52. The Kier molecular flexibility index (Phi) is 7.08.